The number of carbonyl (C=O) groups excluding carboxylic acids is 1. The third-order valence-corrected chi connectivity index (χ3v) is 3.12. The molecule has 6 nitrogen and oxygen atoms in total. The number of pyridine rings is 1. The molecule has 2 heterocycles. The van der Waals surface area contributed by atoms with E-state index in [0.29, 0.717) is 0 Å². The van der Waals surface area contributed by atoms with Crippen molar-refractivity contribution in [1.82, 2.24) is 9.99 Å². The van der Waals surface area contributed by atoms with Gasteiger partial charge in [-0.05, 0) is 32.9 Å². The van der Waals surface area contributed by atoms with Crippen molar-refractivity contribution < 1.29 is 31.8 Å². The highest BCUT2D eigenvalue weighted by Crippen LogP contribution is 2.26. The average molecular weight is 365 g/mol. The van der Waals surface area contributed by atoms with E-state index in [1.165, 1.54) is 12.3 Å². The highest BCUT2D eigenvalue weighted by atomic mass is 19.4. The van der Waals surface area contributed by atoms with Gasteiger partial charge in [0.05, 0.1) is 19.2 Å². The smallest absolute Gasteiger partial charge is 0.429 e. The number of hydrogen-bond acceptors (Lipinski definition) is 5. The minimum Gasteiger partial charge on any atom is -0.442 e. The highest BCUT2D eigenvalue weighted by Gasteiger charge is 2.40. The first kappa shape index (κ1) is 19.2. The number of ether oxygens (including phenoxy) is 2. The van der Waals surface area contributed by atoms with Crippen LogP contribution >= 0.6 is 0 Å². The Labute approximate surface area is 142 Å². The van der Waals surface area contributed by atoms with Gasteiger partial charge in [0.2, 0.25) is 0 Å². The van der Waals surface area contributed by atoms with Gasteiger partial charge >= 0.3 is 12.3 Å². The van der Waals surface area contributed by atoms with E-state index in [-0.39, 0.29) is 18.9 Å². The van der Waals surface area contributed by atoms with Crippen molar-refractivity contribution in [3.63, 3.8) is 0 Å². The Bertz CT molecular complexity index is 619. The van der Waals surface area contributed by atoms with E-state index >= 15 is 0 Å². The normalized spacial score (nSPS) is 18.6. The van der Waals surface area contributed by atoms with E-state index in [9.17, 15) is 22.4 Å². The highest BCUT2D eigenvalue weighted by molar-refractivity contribution is 5.71. The zero-order valence-corrected chi connectivity index (χ0v) is 14.0. The van der Waals surface area contributed by atoms with Crippen molar-refractivity contribution in [3.05, 3.63) is 24.1 Å². The fourth-order valence-electron chi connectivity index (χ4n) is 2.21. The van der Waals surface area contributed by atoms with E-state index in [1.807, 2.05) is 0 Å². The maximum atomic E-state index is 14.0. The van der Waals surface area contributed by atoms with Gasteiger partial charge in [-0.25, -0.2) is 19.2 Å². The molecule has 0 saturated carbocycles. The van der Waals surface area contributed by atoms with E-state index in [0.717, 1.165) is 16.1 Å². The molecule has 1 aliphatic heterocycles. The second-order valence-electron chi connectivity index (χ2n) is 6.50. The van der Waals surface area contributed by atoms with Crippen LogP contribution < -0.4 is 5.01 Å². The lowest BCUT2D eigenvalue weighted by atomic mass is 10.2. The first-order valence-corrected chi connectivity index (χ1v) is 7.53. The number of anilines is 1. The van der Waals surface area contributed by atoms with E-state index in [2.05, 4.69) is 4.98 Å². The van der Waals surface area contributed by atoms with Gasteiger partial charge < -0.3 is 9.47 Å². The molecule has 10 heteroatoms. The van der Waals surface area contributed by atoms with Crippen LogP contribution in [-0.2, 0) is 9.47 Å². The molecule has 2 rings (SSSR count). The second kappa shape index (κ2) is 7.03. The Morgan fingerprint density at radius 2 is 2.00 bits per heavy atom. The molecule has 1 aliphatic rings. The second-order valence-corrected chi connectivity index (χ2v) is 6.50. The van der Waals surface area contributed by atoms with Crippen LogP contribution in [0.3, 0.4) is 0 Å². The van der Waals surface area contributed by atoms with E-state index < -0.39 is 36.4 Å². The predicted molar refractivity (Wildman–Crippen MR) is 80.3 cm³/mol. The van der Waals surface area contributed by atoms with Crippen LogP contribution in [0.1, 0.15) is 20.8 Å². The molecule has 1 fully saturated rings. The van der Waals surface area contributed by atoms with Crippen molar-refractivity contribution in [1.29, 1.82) is 0 Å². The van der Waals surface area contributed by atoms with Gasteiger partial charge in [-0.3, -0.25) is 5.01 Å². The average Bonchev–Trinajstić information content (AvgIpc) is 2.87. The molecular formula is C15H19F4N3O3. The van der Waals surface area contributed by atoms with Crippen LogP contribution in [0.4, 0.5) is 28.2 Å². The number of hydrazine groups is 1. The molecule has 1 unspecified atom stereocenters. The maximum absolute atomic E-state index is 14.0. The van der Waals surface area contributed by atoms with Crippen molar-refractivity contribution in [3.8, 4) is 0 Å². The van der Waals surface area contributed by atoms with Crippen LogP contribution in [0.25, 0.3) is 0 Å². The summed E-state index contributed by atoms with van der Waals surface area (Å²) in [4.78, 5) is 16.2. The first-order chi connectivity index (χ1) is 11.5. The van der Waals surface area contributed by atoms with Crippen molar-refractivity contribution in [2.24, 2.45) is 0 Å². The van der Waals surface area contributed by atoms with Gasteiger partial charge in [0.25, 0.3) is 0 Å². The molecular weight excluding hydrogens is 346 g/mol. The standard InChI is InChI=1S/C15H19F4N3O3/c1-14(2,3)25-13(23)22-8-10(24-9-15(17,18)19)7-21(22)12-11(16)5-4-6-20-12/h4-6,10H,7-9H2,1-3H3. The predicted octanol–water partition coefficient (Wildman–Crippen LogP) is 3.14. The van der Waals surface area contributed by atoms with Crippen LogP contribution in [0, 0.1) is 5.82 Å². The Kier molecular flexibility index (Phi) is 5.40. The Morgan fingerprint density at radius 3 is 2.56 bits per heavy atom. The van der Waals surface area contributed by atoms with Crippen molar-refractivity contribution in [2.75, 3.05) is 24.7 Å². The topological polar surface area (TPSA) is 54.9 Å². The van der Waals surface area contributed by atoms with Gasteiger partial charge in [-0.2, -0.15) is 13.2 Å². The summed E-state index contributed by atoms with van der Waals surface area (Å²) in [5, 5.41) is 2.13. The van der Waals surface area contributed by atoms with Gasteiger partial charge in [0.1, 0.15) is 12.2 Å². The van der Waals surface area contributed by atoms with Crippen molar-refractivity contribution >= 4 is 11.9 Å². The summed E-state index contributed by atoms with van der Waals surface area (Å²) >= 11 is 0. The summed E-state index contributed by atoms with van der Waals surface area (Å²) in [5.41, 5.74) is -0.823. The summed E-state index contributed by atoms with van der Waals surface area (Å²) in [5.74, 6) is -0.904. The van der Waals surface area contributed by atoms with Crippen LogP contribution in [0.15, 0.2) is 18.3 Å². The fraction of sp³-hybridized carbons (Fsp3) is 0.600. The molecule has 1 aromatic heterocycles. The molecule has 0 aliphatic carbocycles. The molecule has 1 saturated heterocycles. The molecule has 0 N–H and O–H groups in total. The summed E-state index contributed by atoms with van der Waals surface area (Å²) in [6, 6.07) is 2.50. The molecule has 1 amide bonds. The molecule has 1 aromatic rings. The number of alkyl halides is 3. The zero-order valence-electron chi connectivity index (χ0n) is 14.0. The molecule has 0 spiro atoms. The maximum Gasteiger partial charge on any atom is 0.429 e. The third kappa shape index (κ3) is 5.45. The minimum atomic E-state index is -4.50. The number of nitrogens with zero attached hydrogens (tertiary/aromatic N) is 3. The lowest BCUT2D eigenvalue weighted by molar-refractivity contribution is -0.182. The Hall–Kier alpha value is -2.10. The fourth-order valence-corrected chi connectivity index (χ4v) is 2.21. The van der Waals surface area contributed by atoms with Crippen molar-refractivity contribution in [2.45, 2.75) is 38.7 Å². The first-order valence-electron chi connectivity index (χ1n) is 7.53. The third-order valence-electron chi connectivity index (χ3n) is 3.12. The summed E-state index contributed by atoms with van der Waals surface area (Å²) in [6.07, 6.45) is -4.97. The number of halogens is 4. The van der Waals surface area contributed by atoms with Gasteiger partial charge in [0.15, 0.2) is 11.6 Å². The van der Waals surface area contributed by atoms with Crippen LogP contribution in [0.2, 0.25) is 0 Å². The molecule has 140 valence electrons. The van der Waals surface area contributed by atoms with E-state index in [1.54, 1.807) is 20.8 Å². The van der Waals surface area contributed by atoms with Gasteiger partial charge in [-0.15, -0.1) is 0 Å². The largest absolute Gasteiger partial charge is 0.442 e. The molecule has 0 bridgehead atoms. The summed E-state index contributed by atoms with van der Waals surface area (Å²) in [7, 11) is 0. The molecule has 0 radical (unpaired) electrons. The monoisotopic (exact) mass is 365 g/mol. The molecule has 1 atom stereocenters. The number of aromatic nitrogens is 1. The number of carbonyl (C=O) groups is 1. The summed E-state index contributed by atoms with van der Waals surface area (Å²) < 4.78 is 61.1. The van der Waals surface area contributed by atoms with Crippen LogP contribution in [-0.4, -0.2) is 53.7 Å². The quantitative estimate of drug-likeness (QED) is 0.771. The lowest BCUT2D eigenvalue weighted by Crippen LogP contribution is -2.44. The Morgan fingerprint density at radius 1 is 1.32 bits per heavy atom. The van der Waals surface area contributed by atoms with Crippen LogP contribution in [0.5, 0.6) is 0 Å². The van der Waals surface area contributed by atoms with E-state index in [4.69, 9.17) is 9.47 Å². The zero-order chi connectivity index (χ0) is 18.8. The lowest BCUT2D eigenvalue weighted by Gasteiger charge is -2.30. The number of amides is 1. The summed E-state index contributed by atoms with van der Waals surface area (Å²) in [6.45, 7) is 3.10. The number of hydrogen-bond donors (Lipinski definition) is 0. The minimum absolute atomic E-state index is 0.163. The molecule has 0 aromatic carbocycles. The number of rotatable bonds is 3. The SMILES string of the molecule is CC(C)(C)OC(=O)N1CC(OCC(F)(F)F)CN1c1ncccc1F. The Balaban J connectivity index is 2.20. The van der Waals surface area contributed by atoms with Gasteiger partial charge in [0, 0.05) is 6.20 Å². The van der Waals surface area contributed by atoms with Gasteiger partial charge in [-0.1, -0.05) is 0 Å². The molecule has 25 heavy (non-hydrogen) atoms.